The molecule has 15 heavy (non-hydrogen) atoms. The molecule has 0 fully saturated rings. The van der Waals surface area contributed by atoms with Gasteiger partial charge in [-0.25, -0.2) is 5.43 Å². The van der Waals surface area contributed by atoms with Crippen LogP contribution in [-0.2, 0) is 4.79 Å². The van der Waals surface area contributed by atoms with Gasteiger partial charge in [0.1, 0.15) is 5.75 Å². The Hall–Kier alpha value is -1.84. The molecule has 1 heterocycles. The molecular weight excluding hydrogens is 192 g/mol. The third-order valence-corrected chi connectivity index (χ3v) is 2.44. The van der Waals surface area contributed by atoms with Gasteiger partial charge in [0.15, 0.2) is 0 Å². The van der Waals surface area contributed by atoms with Crippen molar-refractivity contribution in [1.82, 2.24) is 5.43 Å². The molecule has 0 aliphatic carbocycles. The van der Waals surface area contributed by atoms with Crippen molar-refractivity contribution in [2.24, 2.45) is 5.10 Å². The molecule has 0 spiro atoms. The van der Waals surface area contributed by atoms with Crippen molar-refractivity contribution < 1.29 is 9.53 Å². The highest BCUT2D eigenvalue weighted by atomic mass is 16.5. The van der Waals surface area contributed by atoms with Crippen LogP contribution in [0.25, 0.3) is 0 Å². The van der Waals surface area contributed by atoms with Gasteiger partial charge in [-0.1, -0.05) is 12.1 Å². The van der Waals surface area contributed by atoms with Gasteiger partial charge in [0, 0.05) is 12.6 Å². The molecule has 0 saturated heterocycles. The lowest BCUT2D eigenvalue weighted by Gasteiger charge is -2.16. The molecule has 1 unspecified atom stereocenters. The van der Waals surface area contributed by atoms with E-state index in [9.17, 15) is 4.79 Å². The summed E-state index contributed by atoms with van der Waals surface area (Å²) in [6.07, 6.45) is 2.37. The van der Waals surface area contributed by atoms with E-state index in [0.29, 0.717) is 6.42 Å². The zero-order valence-electron chi connectivity index (χ0n) is 8.43. The molecule has 1 atom stereocenters. The third kappa shape index (κ3) is 1.98. The summed E-state index contributed by atoms with van der Waals surface area (Å²) in [5.74, 6) is 0.611. The zero-order chi connectivity index (χ0) is 10.7. The molecule has 1 aromatic carbocycles. The second-order valence-corrected chi connectivity index (χ2v) is 3.35. The van der Waals surface area contributed by atoms with Crippen LogP contribution in [0.15, 0.2) is 29.4 Å². The number of hydrazone groups is 1. The number of benzene rings is 1. The Bertz CT molecular complexity index is 384. The van der Waals surface area contributed by atoms with Crippen LogP contribution in [0, 0.1) is 0 Å². The van der Waals surface area contributed by atoms with Crippen LogP contribution in [0.2, 0.25) is 0 Å². The molecule has 0 aromatic heterocycles. The lowest BCUT2D eigenvalue weighted by molar-refractivity contribution is -0.122. The van der Waals surface area contributed by atoms with Gasteiger partial charge in [0.05, 0.1) is 13.0 Å². The number of rotatable bonds is 2. The van der Waals surface area contributed by atoms with Gasteiger partial charge in [-0.3, -0.25) is 4.79 Å². The molecule has 1 N–H and O–H groups in total. The minimum atomic E-state index is -0.131. The molecule has 1 aliphatic heterocycles. The Morgan fingerprint density at radius 3 is 2.73 bits per heavy atom. The second-order valence-electron chi connectivity index (χ2n) is 3.35. The SMILES string of the molecule is COc1ccc(C2CC=NNC2=O)cc1. The Morgan fingerprint density at radius 1 is 1.40 bits per heavy atom. The number of ether oxygens (including phenoxy) is 1. The Labute approximate surface area is 87.9 Å². The molecule has 1 aliphatic rings. The number of amides is 1. The van der Waals surface area contributed by atoms with E-state index in [1.54, 1.807) is 13.3 Å². The van der Waals surface area contributed by atoms with Crippen LogP contribution in [0.4, 0.5) is 0 Å². The van der Waals surface area contributed by atoms with E-state index < -0.39 is 0 Å². The normalized spacial score (nSPS) is 19.8. The quantitative estimate of drug-likeness (QED) is 0.789. The first-order chi connectivity index (χ1) is 7.31. The lowest BCUT2D eigenvalue weighted by atomic mass is 9.95. The van der Waals surface area contributed by atoms with E-state index in [-0.39, 0.29) is 11.8 Å². The molecule has 0 bridgehead atoms. The fourth-order valence-electron chi connectivity index (χ4n) is 1.58. The molecule has 1 aromatic rings. The van der Waals surface area contributed by atoms with Crippen LogP contribution in [-0.4, -0.2) is 19.2 Å². The number of hydrogen-bond acceptors (Lipinski definition) is 3. The van der Waals surface area contributed by atoms with Gasteiger partial charge >= 0.3 is 0 Å². The average Bonchev–Trinajstić information content (AvgIpc) is 2.30. The number of methoxy groups -OCH3 is 1. The maximum Gasteiger partial charge on any atom is 0.247 e. The van der Waals surface area contributed by atoms with Crippen molar-refractivity contribution in [3.63, 3.8) is 0 Å². The summed E-state index contributed by atoms with van der Waals surface area (Å²) >= 11 is 0. The van der Waals surface area contributed by atoms with Gasteiger partial charge in [-0.15, -0.1) is 0 Å². The fourth-order valence-corrected chi connectivity index (χ4v) is 1.58. The highest BCUT2D eigenvalue weighted by molar-refractivity contribution is 5.89. The molecule has 0 saturated carbocycles. The summed E-state index contributed by atoms with van der Waals surface area (Å²) in [5.41, 5.74) is 3.44. The van der Waals surface area contributed by atoms with Crippen molar-refractivity contribution in [2.75, 3.05) is 7.11 Å². The lowest BCUT2D eigenvalue weighted by Crippen LogP contribution is -2.29. The van der Waals surface area contributed by atoms with Crippen LogP contribution in [0.1, 0.15) is 17.9 Å². The zero-order valence-corrected chi connectivity index (χ0v) is 8.43. The average molecular weight is 204 g/mol. The fraction of sp³-hybridized carbons (Fsp3) is 0.273. The van der Waals surface area contributed by atoms with E-state index in [2.05, 4.69) is 10.5 Å². The van der Waals surface area contributed by atoms with E-state index in [1.807, 2.05) is 24.3 Å². The summed E-state index contributed by atoms with van der Waals surface area (Å²) in [7, 11) is 1.62. The minimum absolute atomic E-state index is 0.0531. The molecule has 4 nitrogen and oxygen atoms in total. The second kappa shape index (κ2) is 4.13. The van der Waals surface area contributed by atoms with Gasteiger partial charge in [0.25, 0.3) is 0 Å². The van der Waals surface area contributed by atoms with Gasteiger partial charge < -0.3 is 4.74 Å². The Kier molecular flexibility index (Phi) is 2.67. The number of nitrogens with one attached hydrogen (secondary N) is 1. The number of carbonyl (C=O) groups excluding carboxylic acids is 1. The molecule has 0 radical (unpaired) electrons. The Morgan fingerprint density at radius 2 is 2.13 bits per heavy atom. The summed E-state index contributed by atoms with van der Waals surface area (Å²) in [5, 5.41) is 3.72. The first-order valence-electron chi connectivity index (χ1n) is 4.76. The molecular formula is C11H12N2O2. The van der Waals surface area contributed by atoms with Gasteiger partial charge in [0.2, 0.25) is 5.91 Å². The van der Waals surface area contributed by atoms with Crippen LogP contribution in [0.3, 0.4) is 0 Å². The van der Waals surface area contributed by atoms with Crippen molar-refractivity contribution in [1.29, 1.82) is 0 Å². The first-order valence-corrected chi connectivity index (χ1v) is 4.76. The van der Waals surface area contributed by atoms with E-state index in [0.717, 1.165) is 11.3 Å². The third-order valence-electron chi connectivity index (χ3n) is 2.44. The van der Waals surface area contributed by atoms with Crippen LogP contribution in [0.5, 0.6) is 5.75 Å². The van der Waals surface area contributed by atoms with E-state index in [1.165, 1.54) is 0 Å². The highest BCUT2D eigenvalue weighted by Gasteiger charge is 2.21. The first kappa shape index (κ1) is 9.71. The predicted octanol–water partition coefficient (Wildman–Crippen LogP) is 1.28. The summed E-state index contributed by atoms with van der Waals surface area (Å²) in [4.78, 5) is 11.5. The summed E-state index contributed by atoms with van der Waals surface area (Å²) in [6, 6.07) is 7.52. The standard InChI is InChI=1S/C11H12N2O2/c1-15-9-4-2-8(3-5-9)10-6-7-12-13-11(10)14/h2-5,7,10H,6H2,1H3,(H,13,14). The summed E-state index contributed by atoms with van der Waals surface area (Å²) in [6.45, 7) is 0. The smallest absolute Gasteiger partial charge is 0.247 e. The summed E-state index contributed by atoms with van der Waals surface area (Å²) < 4.78 is 5.06. The van der Waals surface area contributed by atoms with Crippen molar-refractivity contribution in [3.8, 4) is 5.75 Å². The van der Waals surface area contributed by atoms with Crippen molar-refractivity contribution in [2.45, 2.75) is 12.3 Å². The van der Waals surface area contributed by atoms with Gasteiger partial charge in [-0.05, 0) is 17.7 Å². The topological polar surface area (TPSA) is 50.7 Å². The maximum absolute atomic E-state index is 11.5. The molecule has 1 amide bonds. The number of nitrogens with zero attached hydrogens (tertiary/aromatic N) is 1. The van der Waals surface area contributed by atoms with Crippen molar-refractivity contribution >= 4 is 12.1 Å². The predicted molar refractivity (Wildman–Crippen MR) is 57.0 cm³/mol. The van der Waals surface area contributed by atoms with Crippen molar-refractivity contribution in [3.05, 3.63) is 29.8 Å². The number of carbonyl (C=O) groups is 1. The Balaban J connectivity index is 2.21. The largest absolute Gasteiger partial charge is 0.497 e. The highest BCUT2D eigenvalue weighted by Crippen LogP contribution is 2.23. The minimum Gasteiger partial charge on any atom is -0.497 e. The van der Waals surface area contributed by atoms with Gasteiger partial charge in [-0.2, -0.15) is 5.10 Å². The van der Waals surface area contributed by atoms with Crippen LogP contribution < -0.4 is 10.2 Å². The van der Waals surface area contributed by atoms with E-state index in [4.69, 9.17) is 4.74 Å². The maximum atomic E-state index is 11.5. The number of hydrogen-bond donors (Lipinski definition) is 1. The molecule has 4 heteroatoms. The van der Waals surface area contributed by atoms with Crippen LogP contribution >= 0.6 is 0 Å². The monoisotopic (exact) mass is 204 g/mol. The van der Waals surface area contributed by atoms with E-state index >= 15 is 0 Å². The molecule has 2 rings (SSSR count). The molecule has 78 valence electrons.